The van der Waals surface area contributed by atoms with Gasteiger partial charge in [0, 0.05) is 17.5 Å². The minimum absolute atomic E-state index is 0.0932. The summed E-state index contributed by atoms with van der Waals surface area (Å²) in [6.07, 6.45) is -0.294. The second-order valence-corrected chi connectivity index (χ2v) is 4.37. The van der Waals surface area contributed by atoms with E-state index < -0.39 is 6.10 Å². The highest BCUT2D eigenvalue weighted by Crippen LogP contribution is 2.18. The lowest BCUT2D eigenvalue weighted by atomic mass is 10.3. The minimum Gasteiger partial charge on any atom is -0.390 e. The number of hydrogen-bond donors (Lipinski definition) is 1. The standard InChI is InChI=1S/C7H10BrNO3S/c8-3-5(10)4-9-6(11)1-2-13-7(9)12/h5,10H,1-4H2. The predicted octanol–water partition coefficient (Wildman–Crippen LogP) is 0.828. The number of nitrogens with zero attached hydrogens (tertiary/aromatic N) is 1. The van der Waals surface area contributed by atoms with Crippen molar-refractivity contribution >= 4 is 38.8 Å². The second kappa shape index (κ2) is 4.97. The average molecular weight is 268 g/mol. The van der Waals surface area contributed by atoms with E-state index in [2.05, 4.69) is 15.9 Å². The quantitative estimate of drug-likeness (QED) is 0.770. The number of alkyl halides is 1. The first kappa shape index (κ1) is 11.0. The van der Waals surface area contributed by atoms with Gasteiger partial charge in [0.1, 0.15) is 0 Å². The maximum atomic E-state index is 11.2. The molecule has 1 saturated heterocycles. The van der Waals surface area contributed by atoms with Crippen molar-refractivity contribution in [3.63, 3.8) is 0 Å². The smallest absolute Gasteiger partial charge is 0.288 e. The lowest BCUT2D eigenvalue weighted by Gasteiger charge is -2.25. The Balaban J connectivity index is 2.54. The number of aliphatic hydroxyl groups is 1. The summed E-state index contributed by atoms with van der Waals surface area (Å²) < 4.78 is 0. The molecule has 1 N–H and O–H groups in total. The monoisotopic (exact) mass is 267 g/mol. The first-order valence-corrected chi connectivity index (χ1v) is 5.97. The summed E-state index contributed by atoms with van der Waals surface area (Å²) in [5.41, 5.74) is 0. The van der Waals surface area contributed by atoms with Gasteiger partial charge in [0.15, 0.2) is 0 Å². The lowest BCUT2D eigenvalue weighted by Crippen LogP contribution is -2.43. The summed E-state index contributed by atoms with van der Waals surface area (Å²) >= 11 is 4.20. The molecule has 1 fully saturated rings. The zero-order chi connectivity index (χ0) is 9.84. The molecule has 0 saturated carbocycles. The maximum absolute atomic E-state index is 11.2. The van der Waals surface area contributed by atoms with Crippen LogP contribution in [0.25, 0.3) is 0 Å². The van der Waals surface area contributed by atoms with Gasteiger partial charge in [-0.25, -0.2) is 0 Å². The number of hydrogen-bond acceptors (Lipinski definition) is 4. The fourth-order valence-corrected chi connectivity index (χ4v) is 1.96. The van der Waals surface area contributed by atoms with Crippen LogP contribution in [-0.2, 0) is 4.79 Å². The average Bonchev–Trinajstić information content (AvgIpc) is 2.11. The normalized spacial score (nSPS) is 20.6. The Bertz CT molecular complexity index is 208. The van der Waals surface area contributed by atoms with Crippen LogP contribution in [-0.4, -0.2) is 44.9 Å². The topological polar surface area (TPSA) is 57.6 Å². The summed E-state index contributed by atoms with van der Waals surface area (Å²) in [6, 6.07) is 0. The Kier molecular flexibility index (Phi) is 4.21. The van der Waals surface area contributed by atoms with Crippen LogP contribution in [0.2, 0.25) is 0 Å². The third kappa shape index (κ3) is 2.96. The SMILES string of the molecule is O=C1CCSC(=O)N1CC(O)CBr. The molecular formula is C7H10BrNO3S. The van der Waals surface area contributed by atoms with Gasteiger partial charge in [-0.05, 0) is 0 Å². The molecular weight excluding hydrogens is 258 g/mol. The fraction of sp³-hybridized carbons (Fsp3) is 0.714. The predicted molar refractivity (Wildman–Crippen MR) is 54.0 cm³/mol. The molecule has 0 aromatic rings. The van der Waals surface area contributed by atoms with Crippen molar-refractivity contribution in [1.29, 1.82) is 0 Å². The molecule has 1 unspecified atom stereocenters. The van der Waals surface area contributed by atoms with E-state index in [4.69, 9.17) is 0 Å². The van der Waals surface area contributed by atoms with Crippen LogP contribution in [0, 0.1) is 0 Å². The first-order valence-electron chi connectivity index (χ1n) is 3.86. The molecule has 1 aliphatic heterocycles. The largest absolute Gasteiger partial charge is 0.390 e. The second-order valence-electron chi connectivity index (χ2n) is 2.68. The summed E-state index contributed by atoms with van der Waals surface area (Å²) in [5.74, 6) is 0.363. The molecule has 0 spiro atoms. The molecule has 0 aliphatic carbocycles. The van der Waals surface area contributed by atoms with E-state index in [1.54, 1.807) is 0 Å². The molecule has 0 aromatic carbocycles. The number of imide groups is 1. The number of thioether (sulfide) groups is 1. The molecule has 1 heterocycles. The third-order valence-electron chi connectivity index (χ3n) is 1.63. The van der Waals surface area contributed by atoms with Crippen molar-refractivity contribution in [1.82, 2.24) is 4.90 Å². The Morgan fingerprint density at radius 1 is 1.62 bits per heavy atom. The van der Waals surface area contributed by atoms with Crippen molar-refractivity contribution in [2.45, 2.75) is 12.5 Å². The molecule has 1 atom stereocenters. The minimum atomic E-state index is -0.674. The number of β-amino-alcohol motifs (C(OH)–C–C–N with tert-alkyl or cyclic N) is 1. The van der Waals surface area contributed by atoms with E-state index in [1.807, 2.05) is 0 Å². The molecule has 6 heteroatoms. The first-order chi connectivity index (χ1) is 6.15. The Morgan fingerprint density at radius 2 is 2.31 bits per heavy atom. The van der Waals surface area contributed by atoms with Crippen LogP contribution in [0.4, 0.5) is 4.79 Å². The molecule has 1 aliphatic rings. The molecule has 4 nitrogen and oxygen atoms in total. The van der Waals surface area contributed by atoms with Crippen molar-refractivity contribution in [2.75, 3.05) is 17.6 Å². The van der Waals surface area contributed by atoms with Gasteiger partial charge in [-0.15, -0.1) is 0 Å². The van der Waals surface area contributed by atoms with Gasteiger partial charge in [-0.3, -0.25) is 14.5 Å². The number of carbonyl (C=O) groups is 2. The van der Waals surface area contributed by atoms with E-state index in [9.17, 15) is 14.7 Å². The van der Waals surface area contributed by atoms with Crippen LogP contribution in [0.3, 0.4) is 0 Å². The van der Waals surface area contributed by atoms with Crippen LogP contribution in [0.1, 0.15) is 6.42 Å². The third-order valence-corrected chi connectivity index (χ3v) is 3.26. The van der Waals surface area contributed by atoms with Gasteiger partial charge in [-0.2, -0.15) is 0 Å². The number of rotatable bonds is 3. The maximum Gasteiger partial charge on any atom is 0.288 e. The number of aliphatic hydroxyl groups excluding tert-OH is 1. The van der Waals surface area contributed by atoms with Crippen molar-refractivity contribution in [3.8, 4) is 0 Å². The lowest BCUT2D eigenvalue weighted by molar-refractivity contribution is -0.128. The Hall–Kier alpha value is -0.0700. The molecule has 0 radical (unpaired) electrons. The molecule has 2 amide bonds. The van der Waals surface area contributed by atoms with Gasteiger partial charge < -0.3 is 5.11 Å². The van der Waals surface area contributed by atoms with Crippen molar-refractivity contribution in [2.24, 2.45) is 0 Å². The van der Waals surface area contributed by atoms with Crippen molar-refractivity contribution in [3.05, 3.63) is 0 Å². The van der Waals surface area contributed by atoms with Crippen LogP contribution < -0.4 is 0 Å². The highest BCUT2D eigenvalue weighted by molar-refractivity contribution is 9.09. The number of carbonyl (C=O) groups excluding carboxylic acids is 2. The number of halogens is 1. The van der Waals surface area contributed by atoms with E-state index in [0.717, 1.165) is 16.7 Å². The Morgan fingerprint density at radius 3 is 2.85 bits per heavy atom. The highest BCUT2D eigenvalue weighted by atomic mass is 79.9. The summed E-state index contributed by atoms with van der Waals surface area (Å²) in [6.45, 7) is 0.0932. The van der Waals surface area contributed by atoms with E-state index >= 15 is 0 Å². The highest BCUT2D eigenvalue weighted by Gasteiger charge is 2.27. The van der Waals surface area contributed by atoms with Crippen LogP contribution in [0.5, 0.6) is 0 Å². The van der Waals surface area contributed by atoms with E-state index in [1.165, 1.54) is 0 Å². The zero-order valence-electron chi connectivity index (χ0n) is 6.90. The van der Waals surface area contributed by atoms with Gasteiger partial charge in [-0.1, -0.05) is 27.7 Å². The molecule has 0 aromatic heterocycles. The fourth-order valence-electron chi connectivity index (χ4n) is 0.976. The van der Waals surface area contributed by atoms with Crippen LogP contribution in [0.15, 0.2) is 0 Å². The van der Waals surface area contributed by atoms with Gasteiger partial charge in [0.25, 0.3) is 5.24 Å². The Labute approximate surface area is 88.8 Å². The molecule has 0 bridgehead atoms. The van der Waals surface area contributed by atoms with E-state index in [0.29, 0.717) is 17.5 Å². The molecule has 13 heavy (non-hydrogen) atoms. The van der Waals surface area contributed by atoms with Crippen molar-refractivity contribution < 1.29 is 14.7 Å². The van der Waals surface area contributed by atoms with Crippen LogP contribution >= 0.6 is 27.7 Å². The van der Waals surface area contributed by atoms with Gasteiger partial charge in [0.2, 0.25) is 5.91 Å². The molecule has 74 valence electrons. The zero-order valence-corrected chi connectivity index (χ0v) is 9.31. The van der Waals surface area contributed by atoms with Gasteiger partial charge in [0.05, 0.1) is 12.6 Å². The summed E-state index contributed by atoms with van der Waals surface area (Å²) in [4.78, 5) is 23.5. The number of amides is 2. The van der Waals surface area contributed by atoms with Gasteiger partial charge >= 0.3 is 0 Å². The molecule has 1 rings (SSSR count). The summed E-state index contributed by atoms with van der Waals surface area (Å²) in [5, 5.41) is 9.36. The van der Waals surface area contributed by atoms with E-state index in [-0.39, 0.29) is 17.7 Å². The summed E-state index contributed by atoms with van der Waals surface area (Å²) in [7, 11) is 0.